The fraction of sp³-hybridized carbons (Fsp3) is 0.611. The number of nitrogens with zero attached hydrogens (tertiary/aromatic N) is 3. The average molecular weight is 362 g/mol. The molecule has 0 radical (unpaired) electrons. The molecule has 0 spiro atoms. The fourth-order valence-corrected chi connectivity index (χ4v) is 3.06. The zero-order valence-corrected chi connectivity index (χ0v) is 15.4. The summed E-state index contributed by atoms with van der Waals surface area (Å²) in [6.07, 6.45) is -0.430. The molecule has 1 N–H and O–H groups in total. The number of hydrogen-bond donors (Lipinski definition) is 1. The largest absolute Gasteiger partial charge is 0.445 e. The maximum absolute atomic E-state index is 11.8. The lowest BCUT2D eigenvalue weighted by Gasteiger charge is -2.42. The Hall–Kier alpha value is -2.28. The molecule has 5 atom stereocenters. The summed E-state index contributed by atoms with van der Waals surface area (Å²) < 4.78 is 16.7. The second kappa shape index (κ2) is 10.0. The molecule has 0 bridgehead atoms. The molecule has 0 saturated carbocycles. The average Bonchev–Trinajstić information content (AvgIpc) is 2.66. The van der Waals surface area contributed by atoms with Crippen LogP contribution in [0.1, 0.15) is 32.8 Å². The molecule has 1 heterocycles. The quantitative estimate of drug-likeness (QED) is 0.343. The minimum atomic E-state index is -0.698. The molecule has 1 aromatic carbocycles. The Kier molecular flexibility index (Phi) is 7.72. The highest BCUT2D eigenvalue weighted by atomic mass is 16.7. The second-order valence-electron chi connectivity index (χ2n) is 6.41. The van der Waals surface area contributed by atoms with Crippen molar-refractivity contribution in [2.75, 3.05) is 6.73 Å². The van der Waals surface area contributed by atoms with E-state index in [0.717, 1.165) is 12.0 Å². The molecule has 142 valence electrons. The van der Waals surface area contributed by atoms with E-state index in [0.29, 0.717) is 0 Å². The van der Waals surface area contributed by atoms with Crippen LogP contribution >= 0.6 is 0 Å². The van der Waals surface area contributed by atoms with Crippen molar-refractivity contribution in [1.82, 2.24) is 5.32 Å². The minimum Gasteiger partial charge on any atom is -0.445 e. The van der Waals surface area contributed by atoms with Crippen LogP contribution in [0.25, 0.3) is 10.4 Å². The maximum Gasteiger partial charge on any atom is 0.409 e. The van der Waals surface area contributed by atoms with Crippen LogP contribution in [0.4, 0.5) is 4.79 Å². The third kappa shape index (κ3) is 5.36. The van der Waals surface area contributed by atoms with E-state index in [1.165, 1.54) is 0 Å². The summed E-state index contributed by atoms with van der Waals surface area (Å²) in [5.41, 5.74) is 9.71. The van der Waals surface area contributed by atoms with E-state index < -0.39 is 18.4 Å². The van der Waals surface area contributed by atoms with Crippen molar-refractivity contribution in [2.24, 2.45) is 17.0 Å². The number of benzene rings is 1. The van der Waals surface area contributed by atoms with Crippen molar-refractivity contribution < 1.29 is 19.0 Å². The van der Waals surface area contributed by atoms with E-state index in [1.807, 2.05) is 44.2 Å². The molecular weight excluding hydrogens is 336 g/mol. The predicted molar refractivity (Wildman–Crippen MR) is 95.9 cm³/mol. The Morgan fingerprint density at radius 3 is 2.69 bits per heavy atom. The number of nitrogens with one attached hydrogen (secondary N) is 1. The van der Waals surface area contributed by atoms with Gasteiger partial charge in [0.2, 0.25) is 0 Å². The third-order valence-electron chi connectivity index (χ3n) is 4.81. The van der Waals surface area contributed by atoms with E-state index in [4.69, 9.17) is 19.7 Å². The zero-order valence-electron chi connectivity index (χ0n) is 15.4. The number of ether oxygens (including phenoxy) is 3. The van der Waals surface area contributed by atoms with Crippen LogP contribution in [0.15, 0.2) is 35.4 Å². The van der Waals surface area contributed by atoms with Gasteiger partial charge in [-0.1, -0.05) is 56.2 Å². The van der Waals surface area contributed by atoms with Gasteiger partial charge in [-0.05, 0) is 29.4 Å². The molecule has 1 fully saturated rings. The van der Waals surface area contributed by atoms with Gasteiger partial charge < -0.3 is 14.2 Å². The molecule has 1 aliphatic heterocycles. The highest BCUT2D eigenvalue weighted by Crippen LogP contribution is 2.34. The Balaban J connectivity index is 1.82. The van der Waals surface area contributed by atoms with Crippen LogP contribution < -0.4 is 5.32 Å². The van der Waals surface area contributed by atoms with E-state index in [9.17, 15) is 4.79 Å². The summed E-state index contributed by atoms with van der Waals surface area (Å²) in [4.78, 5) is 14.7. The van der Waals surface area contributed by atoms with Crippen molar-refractivity contribution in [1.29, 1.82) is 0 Å². The summed E-state index contributed by atoms with van der Waals surface area (Å²) in [7, 11) is 0. The topological polar surface area (TPSA) is 106 Å². The van der Waals surface area contributed by atoms with Crippen molar-refractivity contribution in [3.05, 3.63) is 46.3 Å². The molecule has 0 aromatic heterocycles. The number of hydrogen-bond acceptors (Lipinski definition) is 5. The zero-order chi connectivity index (χ0) is 18.9. The standard InChI is InChI=1S/C18H26N4O4/c1-4-15-12(2)13(3)16(21-22-19)17(26-15)25-11-20-18(23)24-10-14-8-6-5-7-9-14/h5-9,12-13,15-17H,4,10-11H2,1-3H3,(H,20,23)/t12-,13-,15?,16?,17-/m0/s1. The summed E-state index contributed by atoms with van der Waals surface area (Å²) in [6, 6.07) is 8.95. The highest BCUT2D eigenvalue weighted by molar-refractivity contribution is 5.66. The first-order valence-corrected chi connectivity index (χ1v) is 8.82. The molecule has 2 rings (SSSR count). The Bertz CT molecular complexity index is 621. The van der Waals surface area contributed by atoms with Crippen LogP contribution in [0, 0.1) is 11.8 Å². The number of alkyl carbamates (subject to hydrolysis) is 1. The van der Waals surface area contributed by atoms with Crippen LogP contribution in [0.3, 0.4) is 0 Å². The van der Waals surface area contributed by atoms with Gasteiger partial charge in [0.05, 0.1) is 12.1 Å². The van der Waals surface area contributed by atoms with Crippen LogP contribution in [0.2, 0.25) is 0 Å². The summed E-state index contributed by atoms with van der Waals surface area (Å²) >= 11 is 0. The molecule has 1 aromatic rings. The van der Waals surface area contributed by atoms with Gasteiger partial charge >= 0.3 is 6.09 Å². The van der Waals surface area contributed by atoms with Crippen LogP contribution in [0.5, 0.6) is 0 Å². The first-order valence-electron chi connectivity index (χ1n) is 8.82. The first-order chi connectivity index (χ1) is 12.6. The number of rotatable bonds is 7. The highest BCUT2D eigenvalue weighted by Gasteiger charge is 2.40. The van der Waals surface area contributed by atoms with E-state index in [-0.39, 0.29) is 31.3 Å². The van der Waals surface area contributed by atoms with Crippen molar-refractivity contribution in [3.63, 3.8) is 0 Å². The SMILES string of the molecule is CCC1O[C@H](OCNC(=O)OCc2ccccc2)C(N=[N+]=[N-])[C@@H](C)[C@@H]1C. The molecule has 0 aliphatic carbocycles. The summed E-state index contributed by atoms with van der Waals surface area (Å²) in [6.45, 7) is 6.23. The van der Waals surface area contributed by atoms with Crippen LogP contribution in [-0.2, 0) is 20.8 Å². The summed E-state index contributed by atoms with van der Waals surface area (Å²) in [5.74, 6) is 0.360. The number of carbonyl (C=O) groups excluding carboxylic acids is 1. The monoisotopic (exact) mass is 362 g/mol. The Labute approximate surface area is 153 Å². The van der Waals surface area contributed by atoms with E-state index in [2.05, 4.69) is 22.3 Å². The van der Waals surface area contributed by atoms with Gasteiger partial charge in [-0.2, -0.15) is 0 Å². The lowest BCUT2D eigenvalue weighted by Crippen LogP contribution is -2.50. The molecule has 8 nitrogen and oxygen atoms in total. The van der Waals surface area contributed by atoms with Crippen molar-refractivity contribution in [2.45, 2.75) is 52.2 Å². The van der Waals surface area contributed by atoms with Crippen LogP contribution in [-0.4, -0.2) is 31.3 Å². The Morgan fingerprint density at radius 2 is 2.04 bits per heavy atom. The lowest BCUT2D eigenvalue weighted by molar-refractivity contribution is -0.232. The van der Waals surface area contributed by atoms with Gasteiger partial charge in [0, 0.05) is 4.91 Å². The number of carbonyl (C=O) groups is 1. The van der Waals surface area contributed by atoms with Gasteiger partial charge in [-0.25, -0.2) is 4.79 Å². The van der Waals surface area contributed by atoms with Gasteiger partial charge in [0.1, 0.15) is 13.3 Å². The van der Waals surface area contributed by atoms with Gasteiger partial charge in [-0.3, -0.25) is 5.32 Å². The van der Waals surface area contributed by atoms with Crippen molar-refractivity contribution in [3.8, 4) is 0 Å². The molecule has 1 amide bonds. The lowest BCUT2D eigenvalue weighted by atomic mass is 9.81. The molecule has 2 unspecified atom stereocenters. The minimum absolute atomic E-state index is 0.0187. The molecule has 8 heteroatoms. The normalized spacial score (nSPS) is 28.0. The number of amides is 1. The number of azide groups is 1. The predicted octanol–water partition coefficient (Wildman–Crippen LogP) is 3.97. The van der Waals surface area contributed by atoms with Crippen molar-refractivity contribution >= 4 is 6.09 Å². The molecular formula is C18H26N4O4. The summed E-state index contributed by atoms with van der Waals surface area (Å²) in [5, 5.41) is 6.35. The first kappa shape index (κ1) is 20.0. The fourth-order valence-electron chi connectivity index (χ4n) is 3.06. The van der Waals surface area contributed by atoms with Gasteiger partial charge in [0.15, 0.2) is 6.29 Å². The molecule has 1 saturated heterocycles. The van der Waals surface area contributed by atoms with Gasteiger partial charge in [0.25, 0.3) is 0 Å². The third-order valence-corrected chi connectivity index (χ3v) is 4.81. The smallest absolute Gasteiger partial charge is 0.409 e. The van der Waals surface area contributed by atoms with E-state index in [1.54, 1.807) is 0 Å². The molecule has 26 heavy (non-hydrogen) atoms. The molecule has 1 aliphatic rings. The Morgan fingerprint density at radius 1 is 1.31 bits per heavy atom. The van der Waals surface area contributed by atoms with E-state index >= 15 is 0 Å². The van der Waals surface area contributed by atoms with Gasteiger partial charge in [-0.15, -0.1) is 0 Å². The second-order valence-corrected chi connectivity index (χ2v) is 6.41. The maximum atomic E-state index is 11.8.